The molecule has 0 aliphatic rings. The lowest BCUT2D eigenvalue weighted by Gasteiger charge is -2.09. The van der Waals surface area contributed by atoms with Crippen LogP contribution in [-0.4, -0.2) is 25.5 Å². The Hall–Kier alpha value is -1.84. The van der Waals surface area contributed by atoms with Crippen LogP contribution in [0.2, 0.25) is 0 Å². The first-order chi connectivity index (χ1) is 7.72. The second kappa shape index (κ2) is 5.90. The number of aldehydes is 1. The summed E-state index contributed by atoms with van der Waals surface area (Å²) in [7, 11) is 0. The Kier molecular flexibility index (Phi) is 4.51. The van der Waals surface area contributed by atoms with E-state index in [-0.39, 0.29) is 12.2 Å². The maximum Gasteiger partial charge on any atom is 0.341 e. The van der Waals surface area contributed by atoms with Crippen molar-refractivity contribution in [3.05, 3.63) is 29.3 Å². The van der Waals surface area contributed by atoms with Crippen LogP contribution < -0.4 is 4.74 Å². The second-order valence-corrected chi connectivity index (χ2v) is 3.03. The molecule has 0 saturated carbocycles. The normalized spacial score (nSPS) is 9.62. The molecular weight excluding hydrogens is 208 g/mol. The number of hydrogen-bond donors (Lipinski definition) is 0. The second-order valence-electron chi connectivity index (χ2n) is 3.03. The highest BCUT2D eigenvalue weighted by molar-refractivity contribution is 5.94. The molecule has 0 aliphatic carbocycles. The van der Waals surface area contributed by atoms with Gasteiger partial charge in [-0.1, -0.05) is 0 Å². The van der Waals surface area contributed by atoms with Gasteiger partial charge in [-0.25, -0.2) is 4.79 Å². The fourth-order valence-electron chi connectivity index (χ4n) is 1.27. The lowest BCUT2D eigenvalue weighted by atomic mass is 10.1. The van der Waals surface area contributed by atoms with Gasteiger partial charge in [0.15, 0.2) is 0 Å². The Morgan fingerprint density at radius 3 is 2.62 bits per heavy atom. The topological polar surface area (TPSA) is 52.6 Å². The SMILES string of the molecule is CCOC(=O)c1cc(C=O)ccc1OCC. The first kappa shape index (κ1) is 12.2. The predicted octanol–water partition coefficient (Wildman–Crippen LogP) is 2.07. The van der Waals surface area contributed by atoms with Crippen molar-refractivity contribution in [2.45, 2.75) is 13.8 Å². The molecule has 0 aliphatic heterocycles. The molecule has 16 heavy (non-hydrogen) atoms. The summed E-state index contributed by atoms with van der Waals surface area (Å²) in [5, 5.41) is 0. The highest BCUT2D eigenvalue weighted by atomic mass is 16.5. The van der Waals surface area contributed by atoms with E-state index in [0.29, 0.717) is 24.2 Å². The van der Waals surface area contributed by atoms with E-state index < -0.39 is 5.97 Å². The molecule has 0 saturated heterocycles. The number of benzene rings is 1. The lowest BCUT2D eigenvalue weighted by molar-refractivity contribution is 0.0522. The van der Waals surface area contributed by atoms with Gasteiger partial charge in [0.1, 0.15) is 17.6 Å². The van der Waals surface area contributed by atoms with Gasteiger partial charge in [0.05, 0.1) is 13.2 Å². The zero-order valence-corrected chi connectivity index (χ0v) is 9.36. The van der Waals surface area contributed by atoms with Crippen LogP contribution in [0.5, 0.6) is 5.75 Å². The van der Waals surface area contributed by atoms with E-state index in [1.807, 2.05) is 6.92 Å². The van der Waals surface area contributed by atoms with E-state index in [1.165, 1.54) is 6.07 Å². The summed E-state index contributed by atoms with van der Waals surface area (Å²) < 4.78 is 10.2. The lowest BCUT2D eigenvalue weighted by Crippen LogP contribution is -2.08. The molecule has 0 spiro atoms. The van der Waals surface area contributed by atoms with Crippen LogP contribution in [0.4, 0.5) is 0 Å². The minimum atomic E-state index is -0.477. The van der Waals surface area contributed by atoms with Gasteiger partial charge < -0.3 is 9.47 Å². The molecule has 1 rings (SSSR count). The van der Waals surface area contributed by atoms with Crippen LogP contribution >= 0.6 is 0 Å². The summed E-state index contributed by atoms with van der Waals surface area (Å²) in [6.07, 6.45) is 0.679. The molecule has 0 heterocycles. The van der Waals surface area contributed by atoms with Crippen molar-refractivity contribution in [3.8, 4) is 5.75 Å². The fraction of sp³-hybridized carbons (Fsp3) is 0.333. The Morgan fingerprint density at radius 1 is 1.31 bits per heavy atom. The van der Waals surface area contributed by atoms with Crippen molar-refractivity contribution in [2.24, 2.45) is 0 Å². The van der Waals surface area contributed by atoms with Gasteiger partial charge in [-0.3, -0.25) is 4.79 Å². The first-order valence-corrected chi connectivity index (χ1v) is 5.12. The van der Waals surface area contributed by atoms with Crippen molar-refractivity contribution in [2.75, 3.05) is 13.2 Å². The summed E-state index contributed by atoms with van der Waals surface area (Å²) in [6.45, 7) is 4.28. The van der Waals surface area contributed by atoms with Crippen LogP contribution in [0.1, 0.15) is 34.6 Å². The third-order valence-corrected chi connectivity index (χ3v) is 1.93. The Balaban J connectivity index is 3.08. The molecule has 86 valence electrons. The van der Waals surface area contributed by atoms with Crippen LogP contribution in [0.15, 0.2) is 18.2 Å². The van der Waals surface area contributed by atoms with Gasteiger partial charge in [-0.15, -0.1) is 0 Å². The molecule has 0 radical (unpaired) electrons. The van der Waals surface area contributed by atoms with Crippen LogP contribution in [0.3, 0.4) is 0 Å². The molecule has 0 atom stereocenters. The molecule has 0 aromatic heterocycles. The van der Waals surface area contributed by atoms with Crippen molar-refractivity contribution in [3.63, 3.8) is 0 Å². The zero-order chi connectivity index (χ0) is 12.0. The minimum Gasteiger partial charge on any atom is -0.493 e. The van der Waals surface area contributed by atoms with Gasteiger partial charge >= 0.3 is 5.97 Å². The molecule has 0 unspecified atom stereocenters. The quantitative estimate of drug-likeness (QED) is 0.565. The Bertz CT molecular complexity index is 385. The number of ether oxygens (including phenoxy) is 2. The van der Waals surface area contributed by atoms with E-state index >= 15 is 0 Å². The summed E-state index contributed by atoms with van der Waals surface area (Å²) in [6, 6.07) is 4.66. The van der Waals surface area contributed by atoms with Gasteiger partial charge in [0.25, 0.3) is 0 Å². The van der Waals surface area contributed by atoms with Crippen LogP contribution in [0.25, 0.3) is 0 Å². The average molecular weight is 222 g/mol. The number of carbonyl (C=O) groups excluding carboxylic acids is 2. The Labute approximate surface area is 94.2 Å². The van der Waals surface area contributed by atoms with Crippen LogP contribution in [0, 0.1) is 0 Å². The van der Waals surface area contributed by atoms with E-state index in [4.69, 9.17) is 9.47 Å². The zero-order valence-electron chi connectivity index (χ0n) is 9.36. The number of carbonyl (C=O) groups is 2. The van der Waals surface area contributed by atoms with Crippen molar-refractivity contribution >= 4 is 12.3 Å². The van der Waals surface area contributed by atoms with Crippen molar-refractivity contribution in [1.29, 1.82) is 0 Å². The molecule has 1 aromatic carbocycles. The molecule has 0 N–H and O–H groups in total. The van der Waals surface area contributed by atoms with Gasteiger partial charge in [-0.2, -0.15) is 0 Å². The highest BCUT2D eigenvalue weighted by Gasteiger charge is 2.14. The maximum absolute atomic E-state index is 11.6. The first-order valence-electron chi connectivity index (χ1n) is 5.12. The molecule has 4 heteroatoms. The van der Waals surface area contributed by atoms with Crippen molar-refractivity contribution in [1.82, 2.24) is 0 Å². The van der Waals surface area contributed by atoms with Gasteiger partial charge in [-0.05, 0) is 32.0 Å². The standard InChI is InChI=1S/C12H14O4/c1-3-15-11-6-5-9(8-13)7-10(11)12(14)16-4-2/h5-8H,3-4H2,1-2H3. The summed E-state index contributed by atoms with van der Waals surface area (Å²) in [4.78, 5) is 22.2. The molecule has 0 bridgehead atoms. The highest BCUT2D eigenvalue weighted by Crippen LogP contribution is 2.20. The number of rotatable bonds is 5. The summed E-state index contributed by atoms with van der Waals surface area (Å²) in [5.41, 5.74) is 0.708. The van der Waals surface area contributed by atoms with Gasteiger partial charge in [0, 0.05) is 5.56 Å². The molecule has 0 amide bonds. The Morgan fingerprint density at radius 2 is 2.06 bits per heavy atom. The third kappa shape index (κ3) is 2.82. The minimum absolute atomic E-state index is 0.285. The number of hydrogen-bond acceptors (Lipinski definition) is 4. The van der Waals surface area contributed by atoms with E-state index in [1.54, 1.807) is 19.1 Å². The molecule has 0 fully saturated rings. The maximum atomic E-state index is 11.6. The monoisotopic (exact) mass is 222 g/mol. The molecule has 4 nitrogen and oxygen atoms in total. The number of esters is 1. The average Bonchev–Trinajstić information content (AvgIpc) is 2.30. The largest absolute Gasteiger partial charge is 0.493 e. The van der Waals surface area contributed by atoms with E-state index in [0.717, 1.165) is 0 Å². The fourth-order valence-corrected chi connectivity index (χ4v) is 1.27. The van der Waals surface area contributed by atoms with Crippen molar-refractivity contribution < 1.29 is 19.1 Å². The summed E-state index contributed by atoms with van der Waals surface area (Å²) >= 11 is 0. The smallest absolute Gasteiger partial charge is 0.341 e. The molecular formula is C12H14O4. The van der Waals surface area contributed by atoms with E-state index in [9.17, 15) is 9.59 Å². The predicted molar refractivity (Wildman–Crippen MR) is 59.0 cm³/mol. The molecule has 1 aromatic rings. The summed E-state index contributed by atoms with van der Waals surface area (Å²) in [5.74, 6) is -0.0406. The third-order valence-electron chi connectivity index (χ3n) is 1.93. The van der Waals surface area contributed by atoms with E-state index in [2.05, 4.69) is 0 Å². The van der Waals surface area contributed by atoms with Gasteiger partial charge in [0.2, 0.25) is 0 Å². The van der Waals surface area contributed by atoms with Crippen LogP contribution in [-0.2, 0) is 4.74 Å².